The zero-order valence-corrected chi connectivity index (χ0v) is 16.7. The van der Waals surface area contributed by atoms with Gasteiger partial charge in [-0.05, 0) is 50.4 Å². The number of carbonyl (C=O) groups excluding carboxylic acids is 1. The molecule has 146 valence electrons. The number of likely N-dealkylation sites (tertiary alicyclic amines) is 1. The minimum Gasteiger partial charge on any atom is -0.327 e. The summed E-state index contributed by atoms with van der Waals surface area (Å²) in [5, 5.41) is 7.34. The molecule has 7 nitrogen and oxygen atoms in total. The highest BCUT2D eigenvalue weighted by atomic mass is 16.2. The smallest absolute Gasteiger partial charge is 0.321 e. The number of carbonyl (C=O) groups is 1. The van der Waals surface area contributed by atoms with Gasteiger partial charge in [0, 0.05) is 44.6 Å². The number of rotatable bonds is 5. The molecule has 27 heavy (non-hydrogen) atoms. The van der Waals surface area contributed by atoms with Gasteiger partial charge in [0.1, 0.15) is 0 Å². The van der Waals surface area contributed by atoms with Crippen LogP contribution in [0.4, 0.5) is 10.5 Å². The second kappa shape index (κ2) is 8.52. The predicted octanol–water partition coefficient (Wildman–Crippen LogP) is 3.06. The van der Waals surface area contributed by atoms with Crippen LogP contribution in [0, 0.1) is 12.8 Å². The van der Waals surface area contributed by atoms with E-state index in [9.17, 15) is 4.79 Å². The van der Waals surface area contributed by atoms with Crippen molar-refractivity contribution in [1.29, 1.82) is 0 Å². The van der Waals surface area contributed by atoms with E-state index in [4.69, 9.17) is 0 Å². The summed E-state index contributed by atoms with van der Waals surface area (Å²) < 4.78 is 1.86. The Morgan fingerprint density at radius 3 is 2.89 bits per heavy atom. The van der Waals surface area contributed by atoms with Gasteiger partial charge in [0.05, 0.1) is 18.1 Å². The average molecular weight is 371 g/mol. The van der Waals surface area contributed by atoms with Crippen LogP contribution in [0.1, 0.15) is 36.9 Å². The van der Waals surface area contributed by atoms with Crippen molar-refractivity contribution in [3.63, 3.8) is 0 Å². The number of piperidine rings is 1. The Labute approximate surface area is 161 Å². The molecule has 1 saturated heterocycles. The van der Waals surface area contributed by atoms with Crippen molar-refractivity contribution in [3.05, 3.63) is 42.0 Å². The summed E-state index contributed by atoms with van der Waals surface area (Å²) >= 11 is 0. The van der Waals surface area contributed by atoms with E-state index in [1.807, 2.05) is 38.0 Å². The van der Waals surface area contributed by atoms with Gasteiger partial charge < -0.3 is 10.2 Å². The highest BCUT2D eigenvalue weighted by Gasteiger charge is 2.34. The van der Waals surface area contributed by atoms with Gasteiger partial charge >= 0.3 is 6.03 Å². The van der Waals surface area contributed by atoms with E-state index in [2.05, 4.69) is 33.4 Å². The molecule has 1 fully saturated rings. The summed E-state index contributed by atoms with van der Waals surface area (Å²) in [6.45, 7) is 6.97. The van der Waals surface area contributed by atoms with E-state index >= 15 is 0 Å². The van der Waals surface area contributed by atoms with Crippen LogP contribution >= 0.6 is 0 Å². The predicted molar refractivity (Wildman–Crippen MR) is 107 cm³/mol. The molecule has 0 spiro atoms. The molecule has 1 N–H and O–H groups in total. The Bertz CT molecular complexity index is 773. The van der Waals surface area contributed by atoms with Crippen LogP contribution in [0.15, 0.2) is 30.9 Å². The molecule has 2 atom stereocenters. The third-order valence-electron chi connectivity index (χ3n) is 5.47. The minimum absolute atomic E-state index is 0.0929. The summed E-state index contributed by atoms with van der Waals surface area (Å²) in [4.78, 5) is 21.1. The van der Waals surface area contributed by atoms with E-state index in [0.717, 1.165) is 37.2 Å². The molecule has 3 rings (SSSR count). The molecular weight excluding hydrogens is 340 g/mol. The standard InChI is InChI=1S/C20H30N6O/c1-5-26-10-6-7-16(19(26)17-11-22-25(4)14-17)13-24(3)20(27)23-18-12-21-9-8-15(18)2/h8-9,11-12,14,16,19H,5-7,10,13H2,1-4H3,(H,23,27)/t16-,19+/m0/s1. The molecule has 2 amide bonds. The highest BCUT2D eigenvalue weighted by molar-refractivity contribution is 5.89. The lowest BCUT2D eigenvalue weighted by Crippen LogP contribution is -2.44. The van der Waals surface area contributed by atoms with Crippen LogP contribution < -0.4 is 5.32 Å². The Hall–Kier alpha value is -2.41. The SMILES string of the molecule is CCN1CCC[C@@H](CN(C)C(=O)Nc2cnccc2C)[C@@H]1c1cnn(C)c1. The fourth-order valence-corrected chi connectivity index (χ4v) is 4.01. The van der Waals surface area contributed by atoms with Gasteiger partial charge in [0.15, 0.2) is 0 Å². The minimum atomic E-state index is -0.0929. The maximum Gasteiger partial charge on any atom is 0.321 e. The van der Waals surface area contributed by atoms with Gasteiger partial charge in [-0.3, -0.25) is 14.6 Å². The topological polar surface area (TPSA) is 66.3 Å². The first kappa shape index (κ1) is 19.4. The molecule has 1 aliphatic heterocycles. The van der Waals surface area contributed by atoms with E-state index in [-0.39, 0.29) is 6.03 Å². The zero-order valence-electron chi connectivity index (χ0n) is 16.7. The van der Waals surface area contributed by atoms with Gasteiger partial charge in [-0.1, -0.05) is 6.92 Å². The van der Waals surface area contributed by atoms with Crippen LogP contribution in [0.25, 0.3) is 0 Å². The second-order valence-corrected chi connectivity index (χ2v) is 7.42. The van der Waals surface area contributed by atoms with Crippen molar-refractivity contribution in [1.82, 2.24) is 24.6 Å². The van der Waals surface area contributed by atoms with Gasteiger partial charge in [0.2, 0.25) is 0 Å². The van der Waals surface area contributed by atoms with Crippen molar-refractivity contribution >= 4 is 11.7 Å². The normalized spacial score (nSPS) is 20.4. The molecule has 0 aliphatic carbocycles. The molecule has 3 heterocycles. The molecule has 0 aromatic carbocycles. The molecule has 0 radical (unpaired) electrons. The first-order valence-corrected chi connectivity index (χ1v) is 9.65. The third-order valence-corrected chi connectivity index (χ3v) is 5.47. The van der Waals surface area contributed by atoms with E-state index in [0.29, 0.717) is 18.5 Å². The number of nitrogens with zero attached hydrogens (tertiary/aromatic N) is 5. The summed E-state index contributed by atoms with van der Waals surface area (Å²) in [6.07, 6.45) is 9.76. The van der Waals surface area contributed by atoms with E-state index in [1.165, 1.54) is 5.56 Å². The van der Waals surface area contributed by atoms with Crippen molar-refractivity contribution in [2.45, 2.75) is 32.7 Å². The number of hydrogen-bond donors (Lipinski definition) is 1. The molecular formula is C20H30N6O. The molecule has 2 aromatic heterocycles. The molecule has 1 aliphatic rings. The summed E-state index contributed by atoms with van der Waals surface area (Å²) in [5.41, 5.74) is 3.01. The first-order valence-electron chi connectivity index (χ1n) is 9.65. The van der Waals surface area contributed by atoms with Gasteiger partial charge in [-0.2, -0.15) is 5.10 Å². The van der Waals surface area contributed by atoms with Crippen LogP contribution in [-0.4, -0.2) is 57.3 Å². The van der Waals surface area contributed by atoms with E-state index in [1.54, 1.807) is 17.3 Å². The Balaban J connectivity index is 1.71. The number of pyridine rings is 1. The monoisotopic (exact) mass is 370 g/mol. The van der Waals surface area contributed by atoms with Gasteiger partial charge in [-0.15, -0.1) is 0 Å². The molecule has 0 bridgehead atoms. The maximum atomic E-state index is 12.7. The molecule has 2 aromatic rings. The van der Waals surface area contributed by atoms with E-state index < -0.39 is 0 Å². The highest BCUT2D eigenvalue weighted by Crippen LogP contribution is 2.36. The fourth-order valence-electron chi connectivity index (χ4n) is 4.01. The quantitative estimate of drug-likeness (QED) is 0.878. The van der Waals surface area contributed by atoms with Crippen LogP contribution in [0.2, 0.25) is 0 Å². The summed E-state index contributed by atoms with van der Waals surface area (Å²) in [7, 11) is 3.82. The van der Waals surface area contributed by atoms with Crippen LogP contribution in [0.3, 0.4) is 0 Å². The largest absolute Gasteiger partial charge is 0.327 e. The lowest BCUT2D eigenvalue weighted by molar-refractivity contribution is 0.0828. The lowest BCUT2D eigenvalue weighted by Gasteiger charge is -2.42. The van der Waals surface area contributed by atoms with Crippen molar-refractivity contribution < 1.29 is 4.79 Å². The van der Waals surface area contributed by atoms with Crippen molar-refractivity contribution in [2.24, 2.45) is 13.0 Å². The average Bonchev–Trinajstić information content (AvgIpc) is 3.09. The van der Waals surface area contributed by atoms with Gasteiger partial charge in [-0.25, -0.2) is 4.79 Å². The summed E-state index contributed by atoms with van der Waals surface area (Å²) in [5.74, 6) is 0.383. The number of nitrogens with one attached hydrogen (secondary N) is 1. The third kappa shape index (κ3) is 4.47. The number of amides is 2. The molecule has 0 unspecified atom stereocenters. The second-order valence-electron chi connectivity index (χ2n) is 7.42. The fraction of sp³-hybridized carbons (Fsp3) is 0.550. The van der Waals surface area contributed by atoms with Crippen molar-refractivity contribution in [2.75, 3.05) is 32.0 Å². The number of urea groups is 1. The molecule has 7 heteroatoms. The van der Waals surface area contributed by atoms with Crippen LogP contribution in [-0.2, 0) is 7.05 Å². The number of aryl methyl sites for hydroxylation is 2. The maximum absolute atomic E-state index is 12.7. The zero-order chi connectivity index (χ0) is 19.4. The first-order chi connectivity index (χ1) is 13.0. The van der Waals surface area contributed by atoms with Crippen LogP contribution in [0.5, 0.6) is 0 Å². The Morgan fingerprint density at radius 2 is 2.22 bits per heavy atom. The summed E-state index contributed by atoms with van der Waals surface area (Å²) in [6, 6.07) is 2.10. The molecule has 0 saturated carbocycles. The van der Waals surface area contributed by atoms with Crippen molar-refractivity contribution in [3.8, 4) is 0 Å². The lowest BCUT2D eigenvalue weighted by atomic mass is 9.85. The number of anilines is 1. The van der Waals surface area contributed by atoms with Gasteiger partial charge in [0.25, 0.3) is 0 Å². The number of hydrogen-bond acceptors (Lipinski definition) is 4. The Kier molecular flexibility index (Phi) is 6.11. The Morgan fingerprint density at radius 1 is 1.41 bits per heavy atom. The number of aromatic nitrogens is 3.